The van der Waals surface area contributed by atoms with Crippen LogP contribution in [-0.4, -0.2) is 24.8 Å². The first-order chi connectivity index (χ1) is 6.86. The van der Waals surface area contributed by atoms with E-state index >= 15 is 0 Å². The van der Waals surface area contributed by atoms with Crippen molar-refractivity contribution in [2.75, 3.05) is 20.3 Å². The average Bonchev–Trinajstić information content (AvgIpc) is 2.63. The standard InChI is InChI=1S/C11H20N2O/c1-3-5-12-9-11-4-6-13(10-11)7-8-14-2/h4,6,10,12H,3,5,7-9H2,1-2H3. The molecule has 0 saturated heterocycles. The summed E-state index contributed by atoms with van der Waals surface area (Å²) in [6.45, 7) is 5.94. The fraction of sp³-hybridized carbons (Fsp3) is 0.636. The molecule has 0 aliphatic heterocycles. The van der Waals surface area contributed by atoms with Gasteiger partial charge in [-0.05, 0) is 24.6 Å². The Morgan fingerprint density at radius 2 is 2.36 bits per heavy atom. The molecule has 14 heavy (non-hydrogen) atoms. The second-order valence-corrected chi connectivity index (χ2v) is 3.43. The van der Waals surface area contributed by atoms with Gasteiger partial charge in [0.05, 0.1) is 6.61 Å². The largest absolute Gasteiger partial charge is 0.383 e. The van der Waals surface area contributed by atoms with Crippen LogP contribution in [0.3, 0.4) is 0 Å². The maximum atomic E-state index is 5.02. The van der Waals surface area contributed by atoms with Crippen LogP contribution in [0.5, 0.6) is 0 Å². The molecule has 0 spiro atoms. The molecule has 0 fully saturated rings. The monoisotopic (exact) mass is 196 g/mol. The summed E-state index contributed by atoms with van der Waals surface area (Å²) in [5.74, 6) is 0. The van der Waals surface area contributed by atoms with Gasteiger partial charge in [-0.15, -0.1) is 0 Å². The van der Waals surface area contributed by atoms with Gasteiger partial charge in [0.25, 0.3) is 0 Å². The van der Waals surface area contributed by atoms with Crippen molar-refractivity contribution in [2.24, 2.45) is 0 Å². The average molecular weight is 196 g/mol. The van der Waals surface area contributed by atoms with Gasteiger partial charge in [0.1, 0.15) is 0 Å². The van der Waals surface area contributed by atoms with E-state index < -0.39 is 0 Å². The highest BCUT2D eigenvalue weighted by Gasteiger charge is 1.95. The third kappa shape index (κ3) is 3.94. The Hall–Kier alpha value is -0.800. The van der Waals surface area contributed by atoms with Crippen LogP contribution in [0, 0.1) is 0 Å². The van der Waals surface area contributed by atoms with E-state index in [4.69, 9.17) is 4.74 Å². The van der Waals surface area contributed by atoms with Crippen LogP contribution in [0.4, 0.5) is 0 Å². The smallest absolute Gasteiger partial charge is 0.0641 e. The van der Waals surface area contributed by atoms with Crippen molar-refractivity contribution in [2.45, 2.75) is 26.4 Å². The van der Waals surface area contributed by atoms with Gasteiger partial charge in [-0.25, -0.2) is 0 Å². The maximum Gasteiger partial charge on any atom is 0.0641 e. The molecule has 3 heteroatoms. The number of methoxy groups -OCH3 is 1. The topological polar surface area (TPSA) is 26.2 Å². The summed E-state index contributed by atoms with van der Waals surface area (Å²) in [4.78, 5) is 0. The first-order valence-electron chi connectivity index (χ1n) is 5.21. The van der Waals surface area contributed by atoms with Crippen molar-refractivity contribution in [3.8, 4) is 0 Å². The zero-order valence-corrected chi connectivity index (χ0v) is 9.12. The molecule has 0 aliphatic carbocycles. The van der Waals surface area contributed by atoms with Crippen LogP contribution in [-0.2, 0) is 17.8 Å². The second kappa shape index (κ2) is 6.62. The molecule has 80 valence electrons. The zero-order valence-electron chi connectivity index (χ0n) is 9.12. The summed E-state index contributed by atoms with van der Waals surface area (Å²) in [6, 6.07) is 2.15. The molecule has 0 atom stereocenters. The Kier molecular flexibility index (Phi) is 5.33. The third-order valence-electron chi connectivity index (χ3n) is 2.12. The highest BCUT2D eigenvalue weighted by atomic mass is 16.5. The SMILES string of the molecule is CCCNCc1ccn(CCOC)c1. The first kappa shape index (κ1) is 11.3. The van der Waals surface area contributed by atoms with Crippen molar-refractivity contribution in [1.82, 2.24) is 9.88 Å². The second-order valence-electron chi connectivity index (χ2n) is 3.43. The van der Waals surface area contributed by atoms with Crippen LogP contribution in [0.25, 0.3) is 0 Å². The molecule has 1 N–H and O–H groups in total. The van der Waals surface area contributed by atoms with Crippen LogP contribution < -0.4 is 5.32 Å². The molecule has 0 saturated carbocycles. The Morgan fingerprint density at radius 1 is 1.50 bits per heavy atom. The number of aromatic nitrogens is 1. The van der Waals surface area contributed by atoms with Gasteiger partial charge in [0.15, 0.2) is 0 Å². The Labute approximate surface area is 86.1 Å². The molecule has 1 aromatic rings. The number of hydrogen-bond donors (Lipinski definition) is 1. The molecule has 0 aliphatic rings. The van der Waals surface area contributed by atoms with Gasteiger partial charge < -0.3 is 14.6 Å². The summed E-state index contributed by atoms with van der Waals surface area (Å²) in [7, 11) is 1.73. The number of ether oxygens (including phenoxy) is 1. The van der Waals surface area contributed by atoms with E-state index in [-0.39, 0.29) is 0 Å². The predicted molar refractivity (Wildman–Crippen MR) is 58.3 cm³/mol. The van der Waals surface area contributed by atoms with Gasteiger partial charge in [0, 0.05) is 32.6 Å². The molecule has 0 unspecified atom stereocenters. The Bertz CT molecular complexity index is 245. The van der Waals surface area contributed by atoms with Crippen LogP contribution in [0.15, 0.2) is 18.5 Å². The summed E-state index contributed by atoms with van der Waals surface area (Å²) >= 11 is 0. The lowest BCUT2D eigenvalue weighted by molar-refractivity contribution is 0.187. The number of hydrogen-bond acceptors (Lipinski definition) is 2. The third-order valence-corrected chi connectivity index (χ3v) is 2.12. The van der Waals surface area contributed by atoms with E-state index in [1.807, 2.05) is 0 Å². The van der Waals surface area contributed by atoms with E-state index in [0.29, 0.717) is 0 Å². The molecular formula is C11H20N2O. The fourth-order valence-electron chi connectivity index (χ4n) is 1.34. The molecule has 1 rings (SSSR count). The molecule has 3 nitrogen and oxygen atoms in total. The molecule has 0 radical (unpaired) electrons. The Balaban J connectivity index is 2.27. The minimum absolute atomic E-state index is 0.774. The number of nitrogens with zero attached hydrogens (tertiary/aromatic N) is 1. The molecule has 0 bridgehead atoms. The zero-order chi connectivity index (χ0) is 10.2. The highest BCUT2D eigenvalue weighted by molar-refractivity contribution is 5.09. The van der Waals surface area contributed by atoms with Gasteiger partial charge in [0.2, 0.25) is 0 Å². The maximum absolute atomic E-state index is 5.02. The quantitative estimate of drug-likeness (QED) is 0.671. The highest BCUT2D eigenvalue weighted by Crippen LogP contribution is 2.00. The summed E-state index contributed by atoms with van der Waals surface area (Å²) < 4.78 is 7.18. The molecular weight excluding hydrogens is 176 g/mol. The van der Waals surface area contributed by atoms with Crippen LogP contribution in [0.2, 0.25) is 0 Å². The van der Waals surface area contributed by atoms with Crippen molar-refractivity contribution < 1.29 is 4.74 Å². The lowest BCUT2D eigenvalue weighted by Crippen LogP contribution is -2.13. The van der Waals surface area contributed by atoms with E-state index in [1.165, 1.54) is 12.0 Å². The predicted octanol–water partition coefficient (Wildman–Crippen LogP) is 1.63. The van der Waals surface area contributed by atoms with Crippen molar-refractivity contribution in [3.05, 3.63) is 24.0 Å². The van der Waals surface area contributed by atoms with E-state index in [1.54, 1.807) is 7.11 Å². The van der Waals surface area contributed by atoms with Crippen LogP contribution >= 0.6 is 0 Å². The van der Waals surface area contributed by atoms with Gasteiger partial charge in [-0.2, -0.15) is 0 Å². The number of rotatable bonds is 7. The molecule has 1 heterocycles. The summed E-state index contributed by atoms with van der Waals surface area (Å²) in [5, 5.41) is 3.38. The van der Waals surface area contributed by atoms with Crippen molar-refractivity contribution in [1.29, 1.82) is 0 Å². The minimum atomic E-state index is 0.774. The first-order valence-corrected chi connectivity index (χ1v) is 5.21. The van der Waals surface area contributed by atoms with E-state index in [2.05, 4.69) is 35.3 Å². The fourth-order valence-corrected chi connectivity index (χ4v) is 1.34. The van der Waals surface area contributed by atoms with Gasteiger partial charge in [-0.1, -0.05) is 6.92 Å². The van der Waals surface area contributed by atoms with Crippen LogP contribution in [0.1, 0.15) is 18.9 Å². The summed E-state index contributed by atoms with van der Waals surface area (Å²) in [6.07, 6.45) is 5.45. The van der Waals surface area contributed by atoms with Gasteiger partial charge >= 0.3 is 0 Å². The normalized spacial score (nSPS) is 10.7. The molecule has 0 aromatic carbocycles. The molecule has 1 aromatic heterocycles. The minimum Gasteiger partial charge on any atom is -0.383 e. The van der Waals surface area contributed by atoms with E-state index in [0.717, 1.165) is 26.2 Å². The Morgan fingerprint density at radius 3 is 3.07 bits per heavy atom. The van der Waals surface area contributed by atoms with E-state index in [9.17, 15) is 0 Å². The van der Waals surface area contributed by atoms with Crippen molar-refractivity contribution >= 4 is 0 Å². The number of nitrogens with one attached hydrogen (secondary N) is 1. The van der Waals surface area contributed by atoms with Crippen molar-refractivity contribution in [3.63, 3.8) is 0 Å². The molecule has 0 amide bonds. The lowest BCUT2D eigenvalue weighted by Gasteiger charge is -2.01. The lowest BCUT2D eigenvalue weighted by atomic mass is 10.3. The van der Waals surface area contributed by atoms with Gasteiger partial charge in [-0.3, -0.25) is 0 Å². The summed E-state index contributed by atoms with van der Waals surface area (Å²) in [5.41, 5.74) is 1.34.